The van der Waals surface area contributed by atoms with E-state index >= 15 is 0 Å². The van der Waals surface area contributed by atoms with Crippen molar-refractivity contribution in [1.29, 1.82) is 0 Å². The number of para-hydroxylation sites is 1. The first-order chi connectivity index (χ1) is 14.7. The average molecular weight is 441 g/mol. The molecule has 8 nitrogen and oxygen atoms in total. The second-order valence-corrected chi connectivity index (χ2v) is 8.21. The van der Waals surface area contributed by atoms with E-state index in [2.05, 4.69) is 20.8 Å². The Kier molecular flexibility index (Phi) is 6.26. The summed E-state index contributed by atoms with van der Waals surface area (Å²) in [6.45, 7) is 0.203. The highest BCUT2D eigenvalue weighted by atomic mass is 32.2. The average Bonchev–Trinajstić information content (AvgIpc) is 3.40. The molecule has 0 unspecified atom stereocenters. The number of hydrogen-bond donors (Lipinski definition) is 2. The van der Waals surface area contributed by atoms with Gasteiger partial charge in [-0.25, -0.2) is 0 Å². The minimum atomic E-state index is -0.331. The molecule has 1 aliphatic rings. The van der Waals surface area contributed by atoms with Crippen LogP contribution in [0, 0.1) is 0 Å². The summed E-state index contributed by atoms with van der Waals surface area (Å²) in [5.74, 6) is 1.06. The first-order valence-electron chi connectivity index (χ1n) is 8.86. The lowest BCUT2D eigenvalue weighted by Gasteiger charge is -2.02. The number of nitrogens with zero attached hydrogens (tertiary/aromatic N) is 2. The molecule has 152 valence electrons. The van der Waals surface area contributed by atoms with E-state index < -0.39 is 0 Å². The van der Waals surface area contributed by atoms with Crippen LogP contribution in [0.3, 0.4) is 0 Å². The van der Waals surface area contributed by atoms with E-state index in [1.165, 1.54) is 29.2 Å². The van der Waals surface area contributed by atoms with Gasteiger partial charge in [-0.3, -0.25) is 14.9 Å². The van der Waals surface area contributed by atoms with Crippen LogP contribution in [0.25, 0.3) is 6.08 Å². The molecular weight excluding hydrogens is 424 g/mol. The third-order valence-electron chi connectivity index (χ3n) is 3.84. The molecule has 0 saturated heterocycles. The maximum absolute atomic E-state index is 12.1. The molecule has 0 bridgehead atoms. The van der Waals surface area contributed by atoms with Gasteiger partial charge in [-0.05, 0) is 35.9 Å². The summed E-state index contributed by atoms with van der Waals surface area (Å²) in [7, 11) is 0. The number of nitrogens with one attached hydrogen (secondary N) is 2. The van der Waals surface area contributed by atoms with Crippen molar-refractivity contribution in [2.45, 2.75) is 4.34 Å². The molecule has 0 atom stereocenters. The molecule has 4 rings (SSSR count). The predicted octanol–water partition coefficient (Wildman–Crippen LogP) is 3.65. The zero-order chi connectivity index (χ0) is 20.8. The van der Waals surface area contributed by atoms with Gasteiger partial charge < -0.3 is 14.8 Å². The Morgan fingerprint density at radius 3 is 2.77 bits per heavy atom. The Labute approximate surface area is 180 Å². The van der Waals surface area contributed by atoms with E-state index in [0.29, 0.717) is 21.0 Å². The number of thioether (sulfide) groups is 1. The maximum atomic E-state index is 12.1. The summed E-state index contributed by atoms with van der Waals surface area (Å²) in [6, 6.07) is 14.6. The molecule has 1 aromatic heterocycles. The molecule has 0 radical (unpaired) electrons. The number of ether oxygens (including phenoxy) is 2. The molecule has 1 aliphatic heterocycles. The van der Waals surface area contributed by atoms with E-state index in [1.54, 1.807) is 18.2 Å². The number of anilines is 2. The molecule has 10 heteroatoms. The maximum Gasteiger partial charge on any atom is 0.250 e. The van der Waals surface area contributed by atoms with E-state index in [1.807, 2.05) is 36.4 Å². The van der Waals surface area contributed by atoms with Gasteiger partial charge in [-0.1, -0.05) is 47.4 Å². The summed E-state index contributed by atoms with van der Waals surface area (Å²) in [4.78, 5) is 24.1. The molecule has 2 aromatic carbocycles. The number of carbonyl (C=O) groups is 2. The highest BCUT2D eigenvalue weighted by Crippen LogP contribution is 2.32. The minimum absolute atomic E-state index is 0.140. The number of amides is 2. The number of carbonyl (C=O) groups excluding carboxylic acids is 2. The predicted molar refractivity (Wildman–Crippen MR) is 116 cm³/mol. The molecule has 2 amide bonds. The van der Waals surface area contributed by atoms with Crippen molar-refractivity contribution >= 4 is 51.8 Å². The molecule has 30 heavy (non-hydrogen) atoms. The zero-order valence-electron chi connectivity index (χ0n) is 15.5. The van der Waals surface area contributed by atoms with Crippen LogP contribution in [0.15, 0.2) is 58.9 Å². The van der Waals surface area contributed by atoms with Crippen LogP contribution in [0.4, 0.5) is 10.8 Å². The number of fused-ring (bicyclic) bond motifs is 1. The monoisotopic (exact) mass is 440 g/mol. The molecule has 0 spiro atoms. The van der Waals surface area contributed by atoms with Crippen LogP contribution >= 0.6 is 23.1 Å². The largest absolute Gasteiger partial charge is 0.454 e. The summed E-state index contributed by atoms with van der Waals surface area (Å²) in [6.07, 6.45) is 3.07. The summed E-state index contributed by atoms with van der Waals surface area (Å²) in [5, 5.41) is 13.7. The lowest BCUT2D eigenvalue weighted by Crippen LogP contribution is -2.13. The van der Waals surface area contributed by atoms with Gasteiger partial charge in [0.15, 0.2) is 15.8 Å². The molecule has 2 heterocycles. The first-order valence-corrected chi connectivity index (χ1v) is 10.7. The number of benzene rings is 2. The van der Waals surface area contributed by atoms with E-state index in [9.17, 15) is 9.59 Å². The fraction of sp³-hybridized carbons (Fsp3) is 0.100. The fourth-order valence-corrected chi connectivity index (χ4v) is 4.06. The normalized spacial score (nSPS) is 12.1. The number of rotatable bonds is 7. The van der Waals surface area contributed by atoms with Crippen molar-refractivity contribution in [2.75, 3.05) is 23.2 Å². The van der Waals surface area contributed by atoms with Gasteiger partial charge in [0.25, 0.3) is 0 Å². The minimum Gasteiger partial charge on any atom is -0.454 e. The standard InChI is InChI=1S/C20H16N4O4S2/c25-17(9-7-13-6-8-15-16(10-13)28-12-27-15)22-19-23-24-20(30-19)29-11-18(26)21-14-4-2-1-3-5-14/h1-10H,11-12H2,(H,21,26)(H,22,23,25)/b9-7-. The Bertz CT molecular complexity index is 1090. The van der Waals surface area contributed by atoms with Crippen LogP contribution in [0.1, 0.15) is 5.56 Å². The molecule has 0 aliphatic carbocycles. The van der Waals surface area contributed by atoms with Crippen molar-refractivity contribution in [3.8, 4) is 11.5 Å². The van der Waals surface area contributed by atoms with E-state index in [4.69, 9.17) is 9.47 Å². The second kappa shape index (κ2) is 9.42. The zero-order valence-corrected chi connectivity index (χ0v) is 17.2. The summed E-state index contributed by atoms with van der Waals surface area (Å²) >= 11 is 2.46. The van der Waals surface area contributed by atoms with Gasteiger partial charge in [0.1, 0.15) is 0 Å². The van der Waals surface area contributed by atoms with Crippen molar-refractivity contribution in [1.82, 2.24) is 10.2 Å². The van der Waals surface area contributed by atoms with Crippen molar-refractivity contribution in [3.63, 3.8) is 0 Å². The number of aromatic nitrogens is 2. The van der Waals surface area contributed by atoms with Crippen molar-refractivity contribution < 1.29 is 19.1 Å². The smallest absolute Gasteiger partial charge is 0.250 e. The highest BCUT2D eigenvalue weighted by molar-refractivity contribution is 8.01. The van der Waals surface area contributed by atoms with Crippen LogP contribution in [-0.4, -0.2) is 34.6 Å². The van der Waals surface area contributed by atoms with Crippen molar-refractivity contribution in [3.05, 3.63) is 60.2 Å². The van der Waals surface area contributed by atoms with Gasteiger partial charge in [0.2, 0.25) is 23.7 Å². The second-order valence-electron chi connectivity index (χ2n) is 6.01. The molecule has 3 aromatic rings. The Morgan fingerprint density at radius 2 is 1.90 bits per heavy atom. The third kappa shape index (κ3) is 5.37. The van der Waals surface area contributed by atoms with Gasteiger partial charge in [-0.2, -0.15) is 0 Å². The summed E-state index contributed by atoms with van der Waals surface area (Å²) in [5.41, 5.74) is 1.55. The van der Waals surface area contributed by atoms with Crippen LogP contribution < -0.4 is 20.1 Å². The van der Waals surface area contributed by atoms with Crippen molar-refractivity contribution in [2.24, 2.45) is 0 Å². The third-order valence-corrected chi connectivity index (χ3v) is 5.82. The van der Waals surface area contributed by atoms with Gasteiger partial charge in [-0.15, -0.1) is 10.2 Å². The quantitative estimate of drug-likeness (QED) is 0.328. The molecular formula is C20H16N4O4S2. The topological polar surface area (TPSA) is 102 Å². The van der Waals surface area contributed by atoms with Crippen LogP contribution in [-0.2, 0) is 9.59 Å². The lowest BCUT2D eigenvalue weighted by molar-refractivity contribution is -0.114. The van der Waals surface area contributed by atoms with Gasteiger partial charge >= 0.3 is 0 Å². The highest BCUT2D eigenvalue weighted by Gasteiger charge is 2.13. The van der Waals surface area contributed by atoms with Crippen LogP contribution in [0.5, 0.6) is 11.5 Å². The summed E-state index contributed by atoms with van der Waals surface area (Å²) < 4.78 is 11.2. The van der Waals surface area contributed by atoms with E-state index in [0.717, 1.165) is 11.3 Å². The van der Waals surface area contributed by atoms with E-state index in [-0.39, 0.29) is 24.4 Å². The molecule has 0 fully saturated rings. The van der Waals surface area contributed by atoms with Crippen LogP contribution in [0.2, 0.25) is 0 Å². The fourth-order valence-electron chi connectivity index (χ4n) is 2.50. The molecule has 2 N–H and O–H groups in total. The van der Waals surface area contributed by atoms with Gasteiger partial charge in [0, 0.05) is 11.8 Å². The first kappa shape index (κ1) is 19.9. The number of hydrogen-bond acceptors (Lipinski definition) is 8. The SMILES string of the molecule is O=C(/C=C\c1ccc2c(c1)OCO2)Nc1nnc(SCC(=O)Nc2ccccc2)s1. The van der Waals surface area contributed by atoms with Gasteiger partial charge in [0.05, 0.1) is 5.75 Å². The Balaban J connectivity index is 1.25. The molecule has 0 saturated carbocycles. The lowest BCUT2D eigenvalue weighted by atomic mass is 10.2. The Morgan fingerprint density at radius 1 is 1.07 bits per heavy atom. The Hall–Kier alpha value is -3.37.